The van der Waals surface area contributed by atoms with Crippen molar-refractivity contribution in [1.82, 2.24) is 5.32 Å². The lowest BCUT2D eigenvalue weighted by molar-refractivity contribution is -0.139. The molecule has 10 heavy (non-hydrogen) atoms. The molecule has 1 heterocycles. The van der Waals surface area contributed by atoms with E-state index >= 15 is 0 Å². The van der Waals surface area contributed by atoms with E-state index in [1.165, 1.54) is 0 Å². The number of nitrogens with one attached hydrogen (secondary N) is 1. The molecule has 54 valence electrons. The Morgan fingerprint density at radius 3 is 2.70 bits per heavy atom. The van der Waals surface area contributed by atoms with Crippen molar-refractivity contribution in [2.24, 2.45) is 0 Å². The van der Waals surface area contributed by atoms with Crippen molar-refractivity contribution in [2.45, 2.75) is 24.9 Å². The Labute approximate surface area is 58.5 Å². The molecule has 1 aliphatic rings. The van der Waals surface area contributed by atoms with Crippen molar-refractivity contribution < 1.29 is 9.90 Å². The average Bonchev–Trinajstić information content (AvgIpc) is 2.34. The van der Waals surface area contributed by atoms with Crippen molar-refractivity contribution >= 4 is 5.97 Å². The summed E-state index contributed by atoms with van der Waals surface area (Å²) in [7, 11) is 0. The highest BCUT2D eigenvalue weighted by Gasteiger charge is 2.28. The second-order valence-electron chi connectivity index (χ2n) is 2.32. The molecule has 0 bridgehead atoms. The maximum absolute atomic E-state index is 10.3. The van der Waals surface area contributed by atoms with Crippen LogP contribution < -0.4 is 5.32 Å². The quantitative estimate of drug-likeness (QED) is 0.525. The van der Waals surface area contributed by atoms with Gasteiger partial charge in [0.25, 0.3) is 0 Å². The van der Waals surface area contributed by atoms with Gasteiger partial charge < -0.3 is 5.11 Å². The van der Waals surface area contributed by atoms with Crippen molar-refractivity contribution in [3.05, 3.63) is 0 Å². The van der Waals surface area contributed by atoms with Crippen molar-refractivity contribution in [3.63, 3.8) is 0 Å². The summed E-state index contributed by atoms with van der Waals surface area (Å²) in [6.07, 6.45) is 1.21. The molecule has 1 fully saturated rings. The summed E-state index contributed by atoms with van der Waals surface area (Å²) in [5.41, 5.74) is 0. The molecule has 1 saturated heterocycles. The predicted octanol–water partition coefficient (Wildman–Crippen LogP) is -0.285. The van der Waals surface area contributed by atoms with E-state index in [0.29, 0.717) is 12.8 Å². The smallest absolute Gasteiger partial charge is 0.320 e. The Kier molecular flexibility index (Phi) is 1.88. The Morgan fingerprint density at radius 1 is 1.70 bits per heavy atom. The lowest BCUT2D eigenvalue weighted by atomic mass is 10.2. The van der Waals surface area contributed by atoms with Crippen LogP contribution in [0.4, 0.5) is 0 Å². The molecule has 0 saturated carbocycles. The van der Waals surface area contributed by atoms with Crippen LogP contribution in [0.2, 0.25) is 0 Å². The average molecular weight is 140 g/mol. The van der Waals surface area contributed by atoms with Gasteiger partial charge in [0, 0.05) is 0 Å². The third-order valence-electron chi connectivity index (χ3n) is 1.60. The zero-order chi connectivity index (χ0) is 7.56. The van der Waals surface area contributed by atoms with E-state index in [4.69, 9.17) is 10.4 Å². The van der Waals surface area contributed by atoms with E-state index in [2.05, 4.69) is 5.32 Å². The molecule has 1 aliphatic heterocycles. The van der Waals surface area contributed by atoms with E-state index in [1.807, 2.05) is 6.07 Å². The van der Waals surface area contributed by atoms with Gasteiger partial charge in [0.1, 0.15) is 6.04 Å². The van der Waals surface area contributed by atoms with Crippen LogP contribution in [0.1, 0.15) is 12.8 Å². The summed E-state index contributed by atoms with van der Waals surface area (Å²) >= 11 is 0. The van der Waals surface area contributed by atoms with E-state index in [-0.39, 0.29) is 6.04 Å². The lowest BCUT2D eigenvalue weighted by Gasteiger charge is -2.02. The maximum Gasteiger partial charge on any atom is 0.320 e. The Hall–Kier alpha value is -1.08. The zero-order valence-corrected chi connectivity index (χ0v) is 5.37. The van der Waals surface area contributed by atoms with Gasteiger partial charge in [-0.3, -0.25) is 10.1 Å². The van der Waals surface area contributed by atoms with Gasteiger partial charge in [-0.1, -0.05) is 0 Å². The molecule has 0 spiro atoms. The highest BCUT2D eigenvalue weighted by Crippen LogP contribution is 2.10. The van der Waals surface area contributed by atoms with E-state index < -0.39 is 12.0 Å². The molecular formula is C6H8N2O2. The van der Waals surface area contributed by atoms with Gasteiger partial charge in [-0.05, 0) is 12.8 Å². The number of aliphatic carboxylic acids is 1. The number of hydrogen-bond donors (Lipinski definition) is 2. The fraction of sp³-hybridized carbons (Fsp3) is 0.667. The molecule has 0 aliphatic carbocycles. The van der Waals surface area contributed by atoms with Crippen LogP contribution in [0.25, 0.3) is 0 Å². The first-order valence-corrected chi connectivity index (χ1v) is 3.12. The van der Waals surface area contributed by atoms with Crippen LogP contribution in [-0.2, 0) is 4.79 Å². The molecule has 2 N–H and O–H groups in total. The van der Waals surface area contributed by atoms with Crippen LogP contribution in [0.5, 0.6) is 0 Å². The lowest BCUT2D eigenvalue weighted by Crippen LogP contribution is -2.34. The van der Waals surface area contributed by atoms with Crippen LogP contribution in [-0.4, -0.2) is 23.2 Å². The monoisotopic (exact) mass is 140 g/mol. The fourth-order valence-electron chi connectivity index (χ4n) is 1.04. The number of nitrogens with zero attached hydrogens (tertiary/aromatic N) is 1. The Balaban J connectivity index is 2.45. The number of nitriles is 1. The molecule has 0 aromatic carbocycles. The van der Waals surface area contributed by atoms with Crippen LogP contribution in [0.15, 0.2) is 0 Å². The first kappa shape index (κ1) is 7.03. The predicted molar refractivity (Wildman–Crippen MR) is 33.2 cm³/mol. The molecule has 0 radical (unpaired) electrons. The number of rotatable bonds is 1. The van der Waals surface area contributed by atoms with Crippen LogP contribution in [0.3, 0.4) is 0 Å². The van der Waals surface area contributed by atoms with Gasteiger partial charge in [-0.2, -0.15) is 5.26 Å². The number of carboxylic acids is 1. The Bertz CT molecular complexity index is 185. The van der Waals surface area contributed by atoms with Crippen LogP contribution >= 0.6 is 0 Å². The molecule has 0 amide bonds. The Morgan fingerprint density at radius 2 is 2.40 bits per heavy atom. The normalized spacial score (nSPS) is 31.5. The molecular weight excluding hydrogens is 132 g/mol. The molecule has 0 unspecified atom stereocenters. The first-order chi connectivity index (χ1) is 4.74. The van der Waals surface area contributed by atoms with Crippen molar-refractivity contribution in [1.29, 1.82) is 5.26 Å². The van der Waals surface area contributed by atoms with Crippen molar-refractivity contribution in [2.75, 3.05) is 0 Å². The molecule has 0 aromatic heterocycles. The second-order valence-corrected chi connectivity index (χ2v) is 2.32. The molecule has 1 rings (SSSR count). The number of hydrogen-bond acceptors (Lipinski definition) is 3. The minimum atomic E-state index is -0.863. The molecule has 4 nitrogen and oxygen atoms in total. The molecule has 0 aromatic rings. The van der Waals surface area contributed by atoms with Gasteiger partial charge in [-0.25, -0.2) is 0 Å². The summed E-state index contributed by atoms with van der Waals surface area (Å²) in [5, 5.41) is 19.5. The molecule has 4 heteroatoms. The minimum absolute atomic E-state index is 0.263. The van der Waals surface area contributed by atoms with Crippen molar-refractivity contribution in [3.8, 4) is 6.07 Å². The highest BCUT2D eigenvalue weighted by molar-refractivity contribution is 5.73. The van der Waals surface area contributed by atoms with E-state index in [1.54, 1.807) is 0 Å². The highest BCUT2D eigenvalue weighted by atomic mass is 16.4. The summed E-state index contributed by atoms with van der Waals surface area (Å²) in [5.74, 6) is -0.863. The van der Waals surface area contributed by atoms with E-state index in [9.17, 15) is 4.79 Å². The van der Waals surface area contributed by atoms with Gasteiger partial charge in [0.15, 0.2) is 0 Å². The van der Waals surface area contributed by atoms with Gasteiger partial charge in [0.2, 0.25) is 0 Å². The number of carbonyl (C=O) groups is 1. The zero-order valence-electron chi connectivity index (χ0n) is 5.37. The van der Waals surface area contributed by atoms with Gasteiger partial charge in [-0.15, -0.1) is 0 Å². The fourth-order valence-corrected chi connectivity index (χ4v) is 1.04. The van der Waals surface area contributed by atoms with Crippen LogP contribution in [0, 0.1) is 11.3 Å². The second kappa shape index (κ2) is 2.67. The van der Waals surface area contributed by atoms with E-state index in [0.717, 1.165) is 0 Å². The summed E-state index contributed by atoms with van der Waals surface area (Å²) < 4.78 is 0. The molecule has 2 atom stereocenters. The van der Waals surface area contributed by atoms with Gasteiger partial charge in [0.05, 0.1) is 12.1 Å². The summed E-state index contributed by atoms with van der Waals surface area (Å²) in [4.78, 5) is 10.3. The minimum Gasteiger partial charge on any atom is -0.480 e. The summed E-state index contributed by atoms with van der Waals surface area (Å²) in [6.45, 7) is 0. The van der Waals surface area contributed by atoms with Gasteiger partial charge >= 0.3 is 5.97 Å². The number of carboxylic acid groups (broad SMARTS) is 1. The first-order valence-electron chi connectivity index (χ1n) is 3.12. The summed E-state index contributed by atoms with van der Waals surface area (Å²) in [6, 6.07) is 1.20. The largest absolute Gasteiger partial charge is 0.480 e. The third-order valence-corrected chi connectivity index (χ3v) is 1.60. The SMILES string of the molecule is N#C[C@H]1CC[C@@H](C(=O)O)N1. The topological polar surface area (TPSA) is 73.1 Å². The third kappa shape index (κ3) is 1.25. The maximum atomic E-state index is 10.3. The standard InChI is InChI=1S/C6H8N2O2/c7-3-4-1-2-5(8-4)6(9)10/h4-5,8H,1-2H2,(H,9,10)/t4-,5+/m1/s1.